The zero-order valence-corrected chi connectivity index (χ0v) is 9.19. The molecule has 1 aliphatic rings. The molecule has 1 rings (SSSR count). The Labute approximate surface area is 89.4 Å². The molecule has 0 bridgehead atoms. The molecule has 1 amide bonds. The van der Waals surface area contributed by atoms with Crippen molar-refractivity contribution < 1.29 is 14.7 Å². The normalized spacial score (nSPS) is 19.3. The highest BCUT2D eigenvalue weighted by atomic mass is 16.4. The molecule has 0 aliphatic carbocycles. The van der Waals surface area contributed by atoms with Crippen molar-refractivity contribution in [3.63, 3.8) is 0 Å². The van der Waals surface area contributed by atoms with E-state index in [-0.39, 0.29) is 17.9 Å². The highest BCUT2D eigenvalue weighted by Gasteiger charge is 2.37. The maximum atomic E-state index is 11.5. The fourth-order valence-electron chi connectivity index (χ4n) is 1.55. The van der Waals surface area contributed by atoms with Gasteiger partial charge in [-0.15, -0.1) is 0 Å². The predicted octanol–water partition coefficient (Wildman–Crippen LogP) is -0.0825. The molecule has 0 aromatic heterocycles. The molecule has 0 spiro atoms. The summed E-state index contributed by atoms with van der Waals surface area (Å²) in [6.07, 6.45) is 0.913. The van der Waals surface area contributed by atoms with Gasteiger partial charge in [0.25, 0.3) is 0 Å². The summed E-state index contributed by atoms with van der Waals surface area (Å²) in [4.78, 5) is 24.0. The van der Waals surface area contributed by atoms with E-state index in [9.17, 15) is 9.59 Å². The maximum absolute atomic E-state index is 11.5. The smallest absolute Gasteiger partial charge is 0.309 e. The van der Waals surface area contributed by atoms with Crippen LogP contribution in [-0.4, -0.2) is 47.6 Å². The molecular formula is C10H18N2O3. The summed E-state index contributed by atoms with van der Waals surface area (Å²) in [5.74, 6) is -1.08. The molecule has 5 nitrogen and oxygen atoms in total. The standard InChI is InChI=1S/C10H18N2O3/c1-3-4-11-9(13)7(2)12-5-8(6-12)10(14)15/h7-8H,3-6H2,1-2H3,(H,11,13)(H,14,15). The number of amides is 1. The number of hydrogen-bond donors (Lipinski definition) is 2. The summed E-state index contributed by atoms with van der Waals surface area (Å²) in [5.41, 5.74) is 0. The number of rotatable bonds is 5. The summed E-state index contributed by atoms with van der Waals surface area (Å²) >= 11 is 0. The Morgan fingerprint density at radius 1 is 1.53 bits per heavy atom. The Hall–Kier alpha value is -1.10. The molecule has 1 aliphatic heterocycles. The molecule has 2 N–H and O–H groups in total. The van der Waals surface area contributed by atoms with Gasteiger partial charge in [-0.05, 0) is 13.3 Å². The third-order valence-electron chi connectivity index (χ3n) is 2.74. The monoisotopic (exact) mass is 214 g/mol. The van der Waals surface area contributed by atoms with Crippen LogP contribution in [0.1, 0.15) is 20.3 Å². The van der Waals surface area contributed by atoms with Gasteiger partial charge in [0, 0.05) is 19.6 Å². The van der Waals surface area contributed by atoms with Crippen LogP contribution in [0.15, 0.2) is 0 Å². The Morgan fingerprint density at radius 3 is 2.60 bits per heavy atom. The summed E-state index contributed by atoms with van der Waals surface area (Å²) < 4.78 is 0. The van der Waals surface area contributed by atoms with Gasteiger partial charge < -0.3 is 10.4 Å². The average Bonchev–Trinajstić information content (AvgIpc) is 2.10. The number of carbonyl (C=O) groups excluding carboxylic acids is 1. The van der Waals surface area contributed by atoms with Gasteiger partial charge in [-0.1, -0.05) is 6.92 Å². The van der Waals surface area contributed by atoms with E-state index in [1.54, 1.807) is 0 Å². The first-order chi connectivity index (χ1) is 7.06. The van der Waals surface area contributed by atoms with E-state index in [1.807, 2.05) is 18.7 Å². The predicted molar refractivity (Wildman–Crippen MR) is 55.5 cm³/mol. The van der Waals surface area contributed by atoms with Crippen molar-refractivity contribution in [2.45, 2.75) is 26.3 Å². The number of nitrogens with one attached hydrogen (secondary N) is 1. The number of carboxylic acid groups (broad SMARTS) is 1. The van der Waals surface area contributed by atoms with Gasteiger partial charge >= 0.3 is 5.97 Å². The Bertz CT molecular complexity index is 249. The molecule has 1 saturated heterocycles. The van der Waals surface area contributed by atoms with Crippen LogP contribution in [-0.2, 0) is 9.59 Å². The van der Waals surface area contributed by atoms with Crippen molar-refractivity contribution in [1.29, 1.82) is 0 Å². The molecular weight excluding hydrogens is 196 g/mol. The number of aliphatic carboxylic acids is 1. The molecule has 1 heterocycles. The van der Waals surface area contributed by atoms with Crippen LogP contribution in [0.25, 0.3) is 0 Å². The van der Waals surface area contributed by atoms with E-state index in [0.717, 1.165) is 6.42 Å². The van der Waals surface area contributed by atoms with E-state index in [1.165, 1.54) is 0 Å². The summed E-state index contributed by atoms with van der Waals surface area (Å²) in [6, 6.07) is -0.216. The van der Waals surface area contributed by atoms with Crippen molar-refractivity contribution in [2.24, 2.45) is 5.92 Å². The van der Waals surface area contributed by atoms with E-state index in [0.29, 0.717) is 19.6 Å². The Kier molecular flexibility index (Phi) is 4.08. The van der Waals surface area contributed by atoms with Gasteiger partial charge in [0.2, 0.25) is 5.91 Å². The zero-order chi connectivity index (χ0) is 11.4. The van der Waals surface area contributed by atoms with Crippen LogP contribution in [0.3, 0.4) is 0 Å². The lowest BCUT2D eigenvalue weighted by atomic mass is 9.98. The molecule has 5 heteroatoms. The van der Waals surface area contributed by atoms with Crippen LogP contribution in [0.2, 0.25) is 0 Å². The molecule has 1 unspecified atom stereocenters. The highest BCUT2D eigenvalue weighted by molar-refractivity contribution is 5.82. The minimum atomic E-state index is -0.771. The molecule has 0 saturated carbocycles. The van der Waals surface area contributed by atoms with Crippen molar-refractivity contribution >= 4 is 11.9 Å². The second kappa shape index (κ2) is 5.11. The molecule has 0 radical (unpaired) electrons. The highest BCUT2D eigenvalue weighted by Crippen LogP contribution is 2.18. The maximum Gasteiger partial charge on any atom is 0.309 e. The van der Waals surface area contributed by atoms with E-state index in [2.05, 4.69) is 5.32 Å². The quantitative estimate of drug-likeness (QED) is 0.671. The summed E-state index contributed by atoms with van der Waals surface area (Å²) in [5, 5.41) is 11.5. The van der Waals surface area contributed by atoms with Crippen LogP contribution in [0, 0.1) is 5.92 Å². The first-order valence-electron chi connectivity index (χ1n) is 5.30. The van der Waals surface area contributed by atoms with E-state index < -0.39 is 5.97 Å². The van der Waals surface area contributed by atoms with Crippen LogP contribution < -0.4 is 5.32 Å². The minimum Gasteiger partial charge on any atom is -0.481 e. The first-order valence-corrected chi connectivity index (χ1v) is 5.30. The summed E-state index contributed by atoms with van der Waals surface area (Å²) in [7, 11) is 0. The zero-order valence-electron chi connectivity index (χ0n) is 9.19. The SMILES string of the molecule is CCCNC(=O)C(C)N1CC(C(=O)O)C1. The lowest BCUT2D eigenvalue weighted by Gasteiger charge is -2.40. The van der Waals surface area contributed by atoms with Gasteiger partial charge in [0.15, 0.2) is 0 Å². The van der Waals surface area contributed by atoms with Crippen molar-refractivity contribution in [3.05, 3.63) is 0 Å². The second-order valence-electron chi connectivity index (χ2n) is 3.96. The van der Waals surface area contributed by atoms with Gasteiger partial charge in [-0.3, -0.25) is 14.5 Å². The summed E-state index contributed by atoms with van der Waals surface area (Å²) in [6.45, 7) is 5.45. The van der Waals surface area contributed by atoms with Crippen molar-refractivity contribution in [3.8, 4) is 0 Å². The molecule has 0 aromatic carbocycles. The first kappa shape index (κ1) is 12.0. The number of hydrogen-bond acceptors (Lipinski definition) is 3. The fourth-order valence-corrected chi connectivity index (χ4v) is 1.55. The molecule has 1 atom stereocenters. The van der Waals surface area contributed by atoms with Gasteiger partial charge in [0.05, 0.1) is 12.0 Å². The third kappa shape index (κ3) is 2.92. The van der Waals surface area contributed by atoms with Crippen LogP contribution in [0.4, 0.5) is 0 Å². The number of carboxylic acids is 1. The molecule has 1 fully saturated rings. The third-order valence-corrected chi connectivity index (χ3v) is 2.74. The Morgan fingerprint density at radius 2 is 2.13 bits per heavy atom. The van der Waals surface area contributed by atoms with Gasteiger partial charge in [-0.25, -0.2) is 0 Å². The second-order valence-corrected chi connectivity index (χ2v) is 3.96. The fraction of sp³-hybridized carbons (Fsp3) is 0.800. The lowest BCUT2D eigenvalue weighted by Crippen LogP contribution is -2.58. The van der Waals surface area contributed by atoms with Crippen molar-refractivity contribution in [1.82, 2.24) is 10.2 Å². The average molecular weight is 214 g/mol. The molecule has 15 heavy (non-hydrogen) atoms. The number of nitrogens with zero attached hydrogens (tertiary/aromatic N) is 1. The minimum absolute atomic E-state index is 0.0133. The Balaban J connectivity index is 2.28. The molecule has 86 valence electrons. The molecule has 0 aromatic rings. The topological polar surface area (TPSA) is 69.6 Å². The number of carbonyl (C=O) groups is 2. The van der Waals surface area contributed by atoms with Gasteiger partial charge in [0.1, 0.15) is 0 Å². The van der Waals surface area contributed by atoms with E-state index >= 15 is 0 Å². The van der Waals surface area contributed by atoms with Crippen LogP contribution in [0.5, 0.6) is 0 Å². The number of likely N-dealkylation sites (tertiary alicyclic amines) is 1. The van der Waals surface area contributed by atoms with Crippen LogP contribution >= 0.6 is 0 Å². The van der Waals surface area contributed by atoms with Gasteiger partial charge in [-0.2, -0.15) is 0 Å². The van der Waals surface area contributed by atoms with E-state index in [4.69, 9.17) is 5.11 Å². The largest absolute Gasteiger partial charge is 0.481 e. The lowest BCUT2D eigenvalue weighted by molar-refractivity contribution is -0.150. The van der Waals surface area contributed by atoms with Crippen molar-refractivity contribution in [2.75, 3.05) is 19.6 Å².